The second kappa shape index (κ2) is 9.33. The lowest BCUT2D eigenvalue weighted by atomic mass is 10.0. The van der Waals surface area contributed by atoms with E-state index in [-0.39, 0.29) is 24.3 Å². The maximum Gasteiger partial charge on any atom is 0.407 e. The van der Waals surface area contributed by atoms with E-state index >= 15 is 0 Å². The average molecular weight is 424 g/mol. The van der Waals surface area contributed by atoms with Gasteiger partial charge in [-0.15, -0.1) is 0 Å². The minimum absolute atomic E-state index is 0.0380. The van der Waals surface area contributed by atoms with Gasteiger partial charge >= 0.3 is 12.1 Å². The highest BCUT2D eigenvalue weighted by atomic mass is 79.9. The molecule has 26 heavy (non-hydrogen) atoms. The van der Waals surface area contributed by atoms with Crippen LogP contribution < -0.4 is 5.32 Å². The SMILES string of the molecule is O=C(NCC(O)C(O)c1ccc(Br)c(C(=O)O)c1)OCc1ccccc1. The number of amides is 1. The molecule has 0 aliphatic rings. The number of aliphatic hydroxyl groups is 2. The Labute approximate surface area is 158 Å². The number of carboxylic acids is 1. The van der Waals surface area contributed by atoms with Crippen LogP contribution in [0.15, 0.2) is 53.0 Å². The van der Waals surface area contributed by atoms with Crippen molar-refractivity contribution in [3.05, 3.63) is 69.7 Å². The molecule has 2 unspecified atom stereocenters. The van der Waals surface area contributed by atoms with E-state index in [1.807, 2.05) is 18.2 Å². The van der Waals surface area contributed by atoms with Crippen LogP contribution in [-0.4, -0.2) is 40.0 Å². The number of alkyl carbamates (subject to hydrolysis) is 1. The molecular formula is C18H18BrNO6. The maximum absolute atomic E-state index is 11.7. The molecule has 0 fully saturated rings. The Balaban J connectivity index is 1.86. The van der Waals surface area contributed by atoms with Gasteiger partial charge < -0.3 is 25.4 Å². The van der Waals surface area contributed by atoms with Crippen molar-refractivity contribution in [2.75, 3.05) is 6.54 Å². The molecule has 0 aliphatic heterocycles. The van der Waals surface area contributed by atoms with Gasteiger partial charge in [0.15, 0.2) is 0 Å². The topological polar surface area (TPSA) is 116 Å². The fourth-order valence-electron chi connectivity index (χ4n) is 2.19. The molecule has 138 valence electrons. The van der Waals surface area contributed by atoms with Crippen molar-refractivity contribution in [3.8, 4) is 0 Å². The molecule has 2 rings (SSSR count). The zero-order valence-corrected chi connectivity index (χ0v) is 15.2. The first-order valence-electron chi connectivity index (χ1n) is 7.72. The molecule has 0 spiro atoms. The number of halogens is 1. The quantitative estimate of drug-likeness (QED) is 0.543. The summed E-state index contributed by atoms with van der Waals surface area (Å²) in [5.41, 5.74) is 1.00. The Morgan fingerprint density at radius 2 is 1.81 bits per heavy atom. The summed E-state index contributed by atoms with van der Waals surface area (Å²) >= 11 is 3.10. The number of carbonyl (C=O) groups excluding carboxylic acids is 1. The number of rotatable bonds is 7. The number of benzene rings is 2. The molecule has 2 atom stereocenters. The van der Waals surface area contributed by atoms with Gasteiger partial charge in [0.1, 0.15) is 18.8 Å². The van der Waals surface area contributed by atoms with Crippen molar-refractivity contribution in [3.63, 3.8) is 0 Å². The second-order valence-electron chi connectivity index (χ2n) is 5.50. The maximum atomic E-state index is 11.7. The fraction of sp³-hybridized carbons (Fsp3) is 0.222. The normalized spacial score (nSPS) is 12.9. The van der Waals surface area contributed by atoms with Gasteiger partial charge in [0.25, 0.3) is 0 Å². The van der Waals surface area contributed by atoms with Crippen LogP contribution in [0.5, 0.6) is 0 Å². The number of hydrogen-bond donors (Lipinski definition) is 4. The van der Waals surface area contributed by atoms with Gasteiger partial charge in [0, 0.05) is 11.0 Å². The van der Waals surface area contributed by atoms with E-state index in [2.05, 4.69) is 21.2 Å². The van der Waals surface area contributed by atoms with E-state index in [9.17, 15) is 19.8 Å². The molecule has 0 bridgehead atoms. The van der Waals surface area contributed by atoms with Gasteiger partial charge in [-0.3, -0.25) is 0 Å². The Hall–Kier alpha value is -2.42. The number of nitrogens with one attached hydrogen (secondary N) is 1. The average Bonchev–Trinajstić information content (AvgIpc) is 2.64. The molecule has 0 aromatic heterocycles. The van der Waals surface area contributed by atoms with Crippen LogP contribution >= 0.6 is 15.9 Å². The van der Waals surface area contributed by atoms with E-state index < -0.39 is 24.3 Å². The minimum Gasteiger partial charge on any atom is -0.478 e. The summed E-state index contributed by atoms with van der Waals surface area (Å²) in [5.74, 6) is -1.16. The Kier molecular flexibility index (Phi) is 7.14. The van der Waals surface area contributed by atoms with E-state index in [4.69, 9.17) is 9.84 Å². The van der Waals surface area contributed by atoms with E-state index in [0.717, 1.165) is 5.56 Å². The molecule has 0 heterocycles. The van der Waals surface area contributed by atoms with Crippen LogP contribution in [0.25, 0.3) is 0 Å². The summed E-state index contributed by atoms with van der Waals surface area (Å²) < 4.78 is 5.36. The summed E-state index contributed by atoms with van der Waals surface area (Å²) in [6.45, 7) is -0.173. The van der Waals surface area contributed by atoms with Crippen LogP contribution in [0.2, 0.25) is 0 Å². The summed E-state index contributed by atoms with van der Waals surface area (Å²) in [6.07, 6.45) is -3.43. The molecule has 7 nitrogen and oxygen atoms in total. The van der Waals surface area contributed by atoms with Crippen LogP contribution in [0.1, 0.15) is 27.6 Å². The standard InChI is InChI=1S/C18H18BrNO6/c19-14-7-6-12(8-13(14)17(23)24)16(22)15(21)9-20-18(25)26-10-11-4-2-1-3-5-11/h1-8,15-16,21-22H,9-10H2,(H,20,25)(H,23,24). The zero-order valence-electron chi connectivity index (χ0n) is 13.6. The number of hydrogen-bond acceptors (Lipinski definition) is 5. The Bertz CT molecular complexity index is 768. The molecule has 2 aromatic rings. The lowest BCUT2D eigenvalue weighted by Crippen LogP contribution is -2.35. The third-order valence-electron chi connectivity index (χ3n) is 3.60. The van der Waals surface area contributed by atoms with Crippen molar-refractivity contribution in [1.29, 1.82) is 0 Å². The van der Waals surface area contributed by atoms with Gasteiger partial charge in [-0.25, -0.2) is 9.59 Å². The van der Waals surface area contributed by atoms with Crippen molar-refractivity contribution >= 4 is 28.0 Å². The number of aliphatic hydroxyl groups excluding tert-OH is 2. The fourth-order valence-corrected chi connectivity index (χ4v) is 2.60. The number of aromatic carboxylic acids is 1. The van der Waals surface area contributed by atoms with Crippen molar-refractivity contribution in [2.24, 2.45) is 0 Å². The van der Waals surface area contributed by atoms with Gasteiger partial charge in [0.2, 0.25) is 0 Å². The summed E-state index contributed by atoms with van der Waals surface area (Å²) in [4.78, 5) is 22.8. The largest absolute Gasteiger partial charge is 0.478 e. The van der Waals surface area contributed by atoms with Crippen molar-refractivity contribution in [1.82, 2.24) is 5.32 Å². The molecule has 2 aromatic carbocycles. The third-order valence-corrected chi connectivity index (χ3v) is 4.29. The minimum atomic E-state index is -1.37. The van der Waals surface area contributed by atoms with Crippen LogP contribution in [-0.2, 0) is 11.3 Å². The predicted molar refractivity (Wildman–Crippen MR) is 96.7 cm³/mol. The van der Waals surface area contributed by atoms with Crippen molar-refractivity contribution < 1.29 is 29.6 Å². The lowest BCUT2D eigenvalue weighted by molar-refractivity contribution is 0.0183. The molecule has 1 amide bonds. The van der Waals surface area contributed by atoms with Crippen molar-refractivity contribution in [2.45, 2.75) is 18.8 Å². The zero-order chi connectivity index (χ0) is 19.1. The monoisotopic (exact) mass is 423 g/mol. The molecule has 0 radical (unpaired) electrons. The molecule has 0 saturated carbocycles. The van der Waals surface area contributed by atoms with Crippen LogP contribution in [0.4, 0.5) is 4.79 Å². The first-order valence-corrected chi connectivity index (χ1v) is 8.51. The molecule has 4 N–H and O–H groups in total. The summed E-state index contributed by atoms with van der Waals surface area (Å²) in [5, 5.41) is 31.6. The third kappa shape index (κ3) is 5.55. The van der Waals surface area contributed by atoms with Gasteiger partial charge in [-0.2, -0.15) is 0 Å². The van der Waals surface area contributed by atoms with Gasteiger partial charge in [0.05, 0.1) is 5.56 Å². The summed E-state index contributed by atoms with van der Waals surface area (Å²) in [6, 6.07) is 13.3. The Morgan fingerprint density at radius 1 is 1.12 bits per heavy atom. The first kappa shape index (κ1) is 19.9. The summed E-state index contributed by atoms with van der Waals surface area (Å²) in [7, 11) is 0. The molecule has 8 heteroatoms. The highest BCUT2D eigenvalue weighted by molar-refractivity contribution is 9.10. The van der Waals surface area contributed by atoms with Gasteiger partial charge in [-0.1, -0.05) is 36.4 Å². The number of carboxylic acid groups (broad SMARTS) is 1. The number of carbonyl (C=O) groups is 2. The molecular weight excluding hydrogens is 406 g/mol. The van der Waals surface area contributed by atoms with Crippen LogP contribution in [0, 0.1) is 0 Å². The second-order valence-corrected chi connectivity index (χ2v) is 6.35. The highest BCUT2D eigenvalue weighted by Crippen LogP contribution is 2.24. The molecule has 0 aliphatic carbocycles. The number of ether oxygens (including phenoxy) is 1. The van der Waals surface area contributed by atoms with Crippen LogP contribution in [0.3, 0.4) is 0 Å². The van der Waals surface area contributed by atoms with E-state index in [1.165, 1.54) is 18.2 Å². The van der Waals surface area contributed by atoms with E-state index in [0.29, 0.717) is 4.47 Å². The van der Waals surface area contributed by atoms with E-state index in [1.54, 1.807) is 12.1 Å². The Morgan fingerprint density at radius 3 is 2.46 bits per heavy atom. The highest BCUT2D eigenvalue weighted by Gasteiger charge is 2.21. The predicted octanol–water partition coefficient (Wildman–Crippen LogP) is 2.47. The van der Waals surface area contributed by atoms with Gasteiger partial charge in [-0.05, 0) is 39.2 Å². The first-order chi connectivity index (χ1) is 12.4. The lowest BCUT2D eigenvalue weighted by Gasteiger charge is -2.19. The molecule has 0 saturated heterocycles. The smallest absolute Gasteiger partial charge is 0.407 e.